The highest BCUT2D eigenvalue weighted by Gasteiger charge is 2.27. The van der Waals surface area contributed by atoms with Crippen molar-refractivity contribution in [2.75, 3.05) is 13.1 Å². The SMILES string of the molecule is c1ccc2cc([C@@H](C3CCNCC3)n3ccnn3)ccc2c1. The Kier molecular flexibility index (Phi) is 3.60. The summed E-state index contributed by atoms with van der Waals surface area (Å²) < 4.78 is 2.03. The zero-order valence-electron chi connectivity index (χ0n) is 12.5. The monoisotopic (exact) mass is 292 g/mol. The van der Waals surface area contributed by atoms with Crippen molar-refractivity contribution in [2.24, 2.45) is 5.92 Å². The highest BCUT2D eigenvalue weighted by molar-refractivity contribution is 5.83. The van der Waals surface area contributed by atoms with E-state index in [1.54, 1.807) is 6.20 Å². The smallest absolute Gasteiger partial charge is 0.0815 e. The normalized spacial score (nSPS) is 17.6. The molecule has 0 bridgehead atoms. The van der Waals surface area contributed by atoms with Crippen LogP contribution in [0.15, 0.2) is 54.9 Å². The van der Waals surface area contributed by atoms with E-state index in [0.717, 1.165) is 13.1 Å². The van der Waals surface area contributed by atoms with E-state index >= 15 is 0 Å². The first-order valence-electron chi connectivity index (χ1n) is 7.97. The van der Waals surface area contributed by atoms with Crippen molar-refractivity contribution in [2.45, 2.75) is 18.9 Å². The Morgan fingerprint density at radius 2 is 1.86 bits per heavy atom. The Hall–Kier alpha value is -2.20. The predicted molar refractivity (Wildman–Crippen MR) is 87.7 cm³/mol. The lowest BCUT2D eigenvalue weighted by Crippen LogP contribution is -2.33. The summed E-state index contributed by atoms with van der Waals surface area (Å²) >= 11 is 0. The molecular formula is C18H20N4. The number of aromatic nitrogens is 3. The van der Waals surface area contributed by atoms with Gasteiger partial charge in [-0.25, -0.2) is 4.68 Å². The number of nitrogens with zero attached hydrogens (tertiary/aromatic N) is 3. The Bertz CT molecular complexity index is 745. The van der Waals surface area contributed by atoms with E-state index in [2.05, 4.69) is 58.1 Å². The quantitative estimate of drug-likeness (QED) is 0.807. The zero-order valence-corrected chi connectivity index (χ0v) is 12.5. The van der Waals surface area contributed by atoms with E-state index in [9.17, 15) is 0 Å². The summed E-state index contributed by atoms with van der Waals surface area (Å²) in [6.07, 6.45) is 6.12. The van der Waals surface area contributed by atoms with Crippen molar-refractivity contribution in [3.05, 3.63) is 60.4 Å². The van der Waals surface area contributed by atoms with Gasteiger partial charge in [-0.2, -0.15) is 0 Å². The van der Waals surface area contributed by atoms with Crippen molar-refractivity contribution >= 4 is 10.8 Å². The summed E-state index contributed by atoms with van der Waals surface area (Å²) in [7, 11) is 0. The number of hydrogen-bond donors (Lipinski definition) is 1. The standard InChI is InChI=1S/C18H20N4/c1-2-4-16-13-17(6-5-14(16)3-1)18(22-12-11-20-21-22)15-7-9-19-10-8-15/h1-6,11-13,15,18-19H,7-10H2/t18-/m1/s1. The van der Waals surface area contributed by atoms with Gasteiger partial charge >= 0.3 is 0 Å². The van der Waals surface area contributed by atoms with Gasteiger partial charge in [-0.1, -0.05) is 41.6 Å². The molecule has 0 unspecified atom stereocenters. The van der Waals surface area contributed by atoms with Crippen LogP contribution in [-0.2, 0) is 0 Å². The molecule has 4 heteroatoms. The van der Waals surface area contributed by atoms with Gasteiger partial charge in [0.05, 0.1) is 12.2 Å². The molecule has 1 aliphatic heterocycles. The molecule has 0 saturated carbocycles. The number of piperidine rings is 1. The summed E-state index contributed by atoms with van der Waals surface area (Å²) in [5, 5.41) is 14.3. The van der Waals surface area contributed by atoms with Gasteiger partial charge in [0.25, 0.3) is 0 Å². The summed E-state index contributed by atoms with van der Waals surface area (Å²) in [4.78, 5) is 0. The number of rotatable bonds is 3. The zero-order chi connectivity index (χ0) is 14.8. The van der Waals surface area contributed by atoms with E-state index in [4.69, 9.17) is 0 Å². The van der Waals surface area contributed by atoms with E-state index in [0.29, 0.717) is 5.92 Å². The molecule has 2 heterocycles. The first-order valence-corrected chi connectivity index (χ1v) is 7.97. The third-order valence-corrected chi connectivity index (χ3v) is 4.67. The lowest BCUT2D eigenvalue weighted by molar-refractivity contribution is 0.274. The second-order valence-electron chi connectivity index (χ2n) is 6.02. The summed E-state index contributed by atoms with van der Waals surface area (Å²) in [5.41, 5.74) is 1.33. The molecule has 1 saturated heterocycles. The highest BCUT2D eigenvalue weighted by Crippen LogP contribution is 2.33. The van der Waals surface area contributed by atoms with E-state index < -0.39 is 0 Å². The van der Waals surface area contributed by atoms with E-state index in [-0.39, 0.29) is 6.04 Å². The molecule has 4 rings (SSSR count). The molecule has 1 atom stereocenters. The van der Waals surface area contributed by atoms with Crippen LogP contribution in [0, 0.1) is 5.92 Å². The predicted octanol–water partition coefficient (Wildman–Crippen LogP) is 3.02. The average molecular weight is 292 g/mol. The number of hydrogen-bond acceptors (Lipinski definition) is 3. The van der Waals surface area contributed by atoms with E-state index in [1.165, 1.54) is 29.2 Å². The average Bonchev–Trinajstić information content (AvgIpc) is 3.10. The van der Waals surface area contributed by atoms with Crippen LogP contribution in [0.25, 0.3) is 10.8 Å². The van der Waals surface area contributed by atoms with Gasteiger partial charge in [-0.05, 0) is 54.3 Å². The van der Waals surface area contributed by atoms with E-state index in [1.807, 2.05) is 10.9 Å². The first kappa shape index (κ1) is 13.5. The molecule has 3 aromatic rings. The molecule has 1 fully saturated rings. The molecule has 0 spiro atoms. The van der Waals surface area contributed by atoms with Crippen LogP contribution in [0.1, 0.15) is 24.4 Å². The van der Waals surface area contributed by atoms with Gasteiger partial charge < -0.3 is 5.32 Å². The first-order chi connectivity index (χ1) is 10.9. The maximum Gasteiger partial charge on any atom is 0.0815 e. The Morgan fingerprint density at radius 1 is 1.05 bits per heavy atom. The molecule has 1 N–H and O–H groups in total. The van der Waals surface area contributed by atoms with Gasteiger partial charge in [0.1, 0.15) is 0 Å². The molecule has 2 aromatic carbocycles. The lowest BCUT2D eigenvalue weighted by Gasteiger charge is -2.31. The van der Waals surface area contributed by atoms with Crippen LogP contribution < -0.4 is 5.32 Å². The largest absolute Gasteiger partial charge is 0.317 e. The molecule has 22 heavy (non-hydrogen) atoms. The minimum Gasteiger partial charge on any atom is -0.317 e. The second kappa shape index (κ2) is 5.89. The van der Waals surface area contributed by atoms with Crippen LogP contribution >= 0.6 is 0 Å². The molecule has 4 nitrogen and oxygen atoms in total. The number of nitrogens with one attached hydrogen (secondary N) is 1. The van der Waals surface area contributed by atoms with Crippen LogP contribution in [0.4, 0.5) is 0 Å². The fraction of sp³-hybridized carbons (Fsp3) is 0.333. The van der Waals surface area contributed by atoms with Gasteiger partial charge in [0.2, 0.25) is 0 Å². The van der Waals surface area contributed by atoms with Crippen LogP contribution in [0.5, 0.6) is 0 Å². The summed E-state index contributed by atoms with van der Waals surface area (Å²) in [5.74, 6) is 0.601. The highest BCUT2D eigenvalue weighted by atomic mass is 15.4. The second-order valence-corrected chi connectivity index (χ2v) is 6.02. The maximum absolute atomic E-state index is 4.29. The Balaban J connectivity index is 1.78. The maximum atomic E-state index is 4.29. The molecule has 1 aliphatic rings. The lowest BCUT2D eigenvalue weighted by atomic mass is 9.85. The van der Waals surface area contributed by atoms with Crippen LogP contribution in [-0.4, -0.2) is 28.1 Å². The van der Waals surface area contributed by atoms with Crippen molar-refractivity contribution in [3.63, 3.8) is 0 Å². The number of fused-ring (bicyclic) bond motifs is 1. The Labute approximate surface area is 130 Å². The number of benzene rings is 2. The van der Waals surface area contributed by atoms with Gasteiger partial charge in [0.15, 0.2) is 0 Å². The van der Waals surface area contributed by atoms with Crippen LogP contribution in [0.3, 0.4) is 0 Å². The summed E-state index contributed by atoms with van der Waals surface area (Å²) in [6, 6.07) is 15.6. The fourth-order valence-corrected chi connectivity index (χ4v) is 3.56. The van der Waals surface area contributed by atoms with Gasteiger partial charge in [-0.15, -0.1) is 5.10 Å². The third kappa shape index (κ3) is 2.50. The topological polar surface area (TPSA) is 42.7 Å². The molecule has 0 aliphatic carbocycles. The fourth-order valence-electron chi connectivity index (χ4n) is 3.56. The summed E-state index contributed by atoms with van der Waals surface area (Å²) in [6.45, 7) is 2.17. The molecule has 0 radical (unpaired) electrons. The third-order valence-electron chi connectivity index (χ3n) is 4.67. The van der Waals surface area contributed by atoms with Crippen molar-refractivity contribution in [1.82, 2.24) is 20.3 Å². The minimum absolute atomic E-state index is 0.272. The minimum atomic E-state index is 0.272. The molecule has 0 amide bonds. The van der Waals surface area contributed by atoms with Gasteiger partial charge in [-0.3, -0.25) is 0 Å². The molecular weight excluding hydrogens is 272 g/mol. The molecule has 112 valence electrons. The van der Waals surface area contributed by atoms with Crippen molar-refractivity contribution in [1.29, 1.82) is 0 Å². The molecule has 1 aromatic heterocycles. The van der Waals surface area contributed by atoms with Crippen LogP contribution in [0.2, 0.25) is 0 Å². The van der Waals surface area contributed by atoms with Crippen molar-refractivity contribution in [3.8, 4) is 0 Å². The van der Waals surface area contributed by atoms with Crippen molar-refractivity contribution < 1.29 is 0 Å². The van der Waals surface area contributed by atoms with Gasteiger partial charge in [0, 0.05) is 6.20 Å². The Morgan fingerprint density at radius 3 is 2.64 bits per heavy atom.